The third-order valence-electron chi connectivity index (χ3n) is 2.53. The second kappa shape index (κ2) is 10.4. The number of rotatable bonds is 10. The van der Waals surface area contributed by atoms with Crippen molar-refractivity contribution in [3.63, 3.8) is 0 Å². The topological polar surface area (TPSA) is 33.3 Å². The molecule has 0 aliphatic heterocycles. The molecule has 3 heteroatoms. The van der Waals surface area contributed by atoms with Gasteiger partial charge < -0.3 is 15.4 Å². The molecule has 2 N–H and O–H groups in total. The minimum atomic E-state index is 0.543. The van der Waals surface area contributed by atoms with Gasteiger partial charge in [-0.3, -0.25) is 0 Å². The summed E-state index contributed by atoms with van der Waals surface area (Å²) >= 11 is 0. The summed E-state index contributed by atoms with van der Waals surface area (Å²) in [7, 11) is 1.73. The van der Waals surface area contributed by atoms with E-state index in [4.69, 9.17) is 4.74 Å². The fraction of sp³-hybridized carbons (Fsp3) is 1.00. The molecular formula is C12H28N2O. The van der Waals surface area contributed by atoms with E-state index < -0.39 is 0 Å². The number of hydrogen-bond acceptors (Lipinski definition) is 3. The predicted octanol–water partition coefficient (Wildman–Crippen LogP) is 1.64. The maximum absolute atomic E-state index is 4.97. The molecule has 0 saturated heterocycles. The summed E-state index contributed by atoms with van der Waals surface area (Å²) in [6.45, 7) is 10.6. The van der Waals surface area contributed by atoms with Crippen molar-refractivity contribution in [3.05, 3.63) is 0 Å². The van der Waals surface area contributed by atoms with Crippen LogP contribution in [0, 0.1) is 5.92 Å². The molecular weight excluding hydrogens is 188 g/mol. The lowest BCUT2D eigenvalue weighted by Crippen LogP contribution is -2.39. The van der Waals surface area contributed by atoms with Crippen molar-refractivity contribution < 1.29 is 4.74 Å². The van der Waals surface area contributed by atoms with Crippen LogP contribution < -0.4 is 10.6 Å². The van der Waals surface area contributed by atoms with Crippen LogP contribution in [-0.4, -0.2) is 39.4 Å². The Labute approximate surface area is 95.0 Å². The molecule has 0 fully saturated rings. The smallest absolute Gasteiger partial charge is 0.0587 e. The average Bonchev–Trinajstić information content (AvgIpc) is 2.22. The zero-order chi connectivity index (χ0) is 11.5. The molecule has 2 unspecified atom stereocenters. The van der Waals surface area contributed by atoms with Crippen LogP contribution in [0.5, 0.6) is 0 Å². The van der Waals surface area contributed by atoms with Gasteiger partial charge in [0.2, 0.25) is 0 Å². The summed E-state index contributed by atoms with van der Waals surface area (Å²) < 4.78 is 4.97. The quantitative estimate of drug-likeness (QED) is 0.545. The normalized spacial score (nSPS) is 15.2. The first kappa shape index (κ1) is 14.9. The van der Waals surface area contributed by atoms with Crippen molar-refractivity contribution in [3.8, 4) is 0 Å². The van der Waals surface area contributed by atoms with E-state index in [1.165, 1.54) is 12.8 Å². The van der Waals surface area contributed by atoms with Crippen LogP contribution in [0.15, 0.2) is 0 Å². The van der Waals surface area contributed by atoms with E-state index in [2.05, 4.69) is 31.4 Å². The summed E-state index contributed by atoms with van der Waals surface area (Å²) in [6.07, 6.45) is 2.60. The first-order valence-electron chi connectivity index (χ1n) is 6.13. The molecule has 3 nitrogen and oxygen atoms in total. The molecule has 0 spiro atoms. The van der Waals surface area contributed by atoms with Gasteiger partial charge in [-0.25, -0.2) is 0 Å². The molecule has 0 radical (unpaired) electrons. The predicted molar refractivity (Wildman–Crippen MR) is 66.3 cm³/mol. The van der Waals surface area contributed by atoms with Gasteiger partial charge in [0.05, 0.1) is 6.61 Å². The molecule has 0 aliphatic carbocycles. The minimum absolute atomic E-state index is 0.543. The van der Waals surface area contributed by atoms with Crippen molar-refractivity contribution in [2.75, 3.05) is 33.4 Å². The van der Waals surface area contributed by atoms with E-state index >= 15 is 0 Å². The van der Waals surface area contributed by atoms with Gasteiger partial charge in [-0.15, -0.1) is 0 Å². The molecule has 0 rings (SSSR count). The molecule has 92 valence electrons. The number of nitrogens with one attached hydrogen (secondary N) is 2. The molecule has 0 aromatic heterocycles. The van der Waals surface area contributed by atoms with Crippen LogP contribution in [0.3, 0.4) is 0 Å². The monoisotopic (exact) mass is 216 g/mol. The fourth-order valence-corrected chi connectivity index (χ4v) is 1.56. The minimum Gasteiger partial charge on any atom is -0.383 e. The Hall–Kier alpha value is -0.120. The Balaban J connectivity index is 3.28. The summed E-state index contributed by atoms with van der Waals surface area (Å²) in [5.74, 6) is 0.788. The van der Waals surface area contributed by atoms with E-state index in [0.717, 1.165) is 32.2 Å². The molecule has 0 aliphatic rings. The first-order valence-corrected chi connectivity index (χ1v) is 6.13. The van der Waals surface area contributed by atoms with Crippen LogP contribution in [0.25, 0.3) is 0 Å². The van der Waals surface area contributed by atoms with Crippen LogP contribution in [0.2, 0.25) is 0 Å². The molecule has 0 amide bonds. The summed E-state index contributed by atoms with van der Waals surface area (Å²) in [6, 6.07) is 0.543. The van der Waals surface area contributed by atoms with Gasteiger partial charge in [0.15, 0.2) is 0 Å². The highest BCUT2D eigenvalue weighted by molar-refractivity contribution is 4.66. The Morgan fingerprint density at radius 2 is 1.93 bits per heavy atom. The Morgan fingerprint density at radius 3 is 2.53 bits per heavy atom. The maximum Gasteiger partial charge on any atom is 0.0587 e. The van der Waals surface area contributed by atoms with Crippen molar-refractivity contribution >= 4 is 0 Å². The highest BCUT2D eigenvalue weighted by Gasteiger charge is 2.04. The second-order valence-electron chi connectivity index (χ2n) is 4.40. The zero-order valence-electron chi connectivity index (χ0n) is 10.8. The second-order valence-corrected chi connectivity index (χ2v) is 4.40. The number of ether oxygens (including phenoxy) is 1. The van der Waals surface area contributed by atoms with Gasteiger partial charge in [-0.05, 0) is 25.8 Å². The highest BCUT2D eigenvalue weighted by Crippen LogP contribution is 2.02. The molecule has 0 aromatic carbocycles. The lowest BCUT2D eigenvalue weighted by molar-refractivity contribution is 0.198. The van der Waals surface area contributed by atoms with Crippen molar-refractivity contribution in [2.24, 2.45) is 5.92 Å². The molecule has 0 heterocycles. The maximum atomic E-state index is 4.97. The van der Waals surface area contributed by atoms with Crippen LogP contribution in [0.4, 0.5) is 0 Å². The Bertz CT molecular complexity index is 131. The lowest BCUT2D eigenvalue weighted by atomic mass is 10.1. The van der Waals surface area contributed by atoms with Crippen LogP contribution >= 0.6 is 0 Å². The van der Waals surface area contributed by atoms with E-state index in [9.17, 15) is 0 Å². The molecule has 0 aromatic rings. The summed E-state index contributed by atoms with van der Waals surface area (Å²) in [4.78, 5) is 0. The first-order chi connectivity index (χ1) is 7.20. The van der Waals surface area contributed by atoms with Crippen molar-refractivity contribution in [1.82, 2.24) is 10.6 Å². The van der Waals surface area contributed by atoms with Crippen molar-refractivity contribution in [1.29, 1.82) is 0 Å². The SMILES string of the molecule is CCCC(C)CNC(C)CNCCOC. The van der Waals surface area contributed by atoms with E-state index in [1.54, 1.807) is 7.11 Å². The summed E-state index contributed by atoms with van der Waals surface area (Å²) in [5, 5.41) is 6.90. The third kappa shape index (κ3) is 10.2. The average molecular weight is 216 g/mol. The number of hydrogen-bond donors (Lipinski definition) is 2. The molecule has 15 heavy (non-hydrogen) atoms. The molecule has 2 atom stereocenters. The summed E-state index contributed by atoms with van der Waals surface area (Å²) in [5.41, 5.74) is 0. The van der Waals surface area contributed by atoms with Gasteiger partial charge in [-0.2, -0.15) is 0 Å². The Kier molecular flexibility index (Phi) is 10.3. The van der Waals surface area contributed by atoms with Gasteiger partial charge in [0, 0.05) is 26.2 Å². The van der Waals surface area contributed by atoms with Crippen molar-refractivity contribution in [2.45, 2.75) is 39.7 Å². The zero-order valence-corrected chi connectivity index (χ0v) is 10.8. The Morgan fingerprint density at radius 1 is 1.20 bits per heavy atom. The number of methoxy groups -OCH3 is 1. The van der Waals surface area contributed by atoms with E-state index in [-0.39, 0.29) is 0 Å². The van der Waals surface area contributed by atoms with Crippen LogP contribution in [-0.2, 0) is 4.74 Å². The van der Waals surface area contributed by atoms with Crippen LogP contribution in [0.1, 0.15) is 33.6 Å². The third-order valence-corrected chi connectivity index (χ3v) is 2.53. The van der Waals surface area contributed by atoms with Gasteiger partial charge in [0.25, 0.3) is 0 Å². The van der Waals surface area contributed by atoms with Gasteiger partial charge >= 0.3 is 0 Å². The highest BCUT2D eigenvalue weighted by atomic mass is 16.5. The molecule has 0 bridgehead atoms. The largest absolute Gasteiger partial charge is 0.383 e. The van der Waals surface area contributed by atoms with E-state index in [1.807, 2.05) is 0 Å². The van der Waals surface area contributed by atoms with Gasteiger partial charge in [-0.1, -0.05) is 20.3 Å². The van der Waals surface area contributed by atoms with E-state index in [0.29, 0.717) is 6.04 Å². The fourth-order valence-electron chi connectivity index (χ4n) is 1.56. The molecule has 0 saturated carbocycles. The lowest BCUT2D eigenvalue weighted by Gasteiger charge is -2.17. The standard InChI is InChI=1S/C12H28N2O/c1-5-6-11(2)9-14-12(3)10-13-7-8-15-4/h11-14H,5-10H2,1-4H3. The van der Waals surface area contributed by atoms with Gasteiger partial charge in [0.1, 0.15) is 0 Å².